The minimum Gasteiger partial charge on any atom is -0.810 e. The molecule has 3 aromatic carbocycles. The molecule has 0 aromatic heterocycles. The molecule has 65 heavy (non-hydrogen) atoms. The minimum atomic E-state index is -4.72. The molecule has 0 bridgehead atoms. The topological polar surface area (TPSA) is 250 Å². The predicted molar refractivity (Wildman–Crippen MR) is 256 cm³/mol. The van der Waals surface area contributed by atoms with E-state index in [0.29, 0.717) is 50.1 Å². The number of phenolic OH excluding ortho intramolecular Hbond substituents is 3. The largest absolute Gasteiger partial charge is 3.00 e. The molecule has 0 saturated carbocycles. The molecule has 0 aliphatic heterocycles. The van der Waals surface area contributed by atoms with Gasteiger partial charge in [0.15, 0.2) is 0 Å². The second-order valence-electron chi connectivity index (χ2n) is 23.0. The van der Waals surface area contributed by atoms with Gasteiger partial charge in [0.25, 0.3) is 0 Å². The number of hydrogen-bond acceptors (Lipinski definition) is 12. The molecule has 0 radical (unpaired) electrons. The van der Waals surface area contributed by atoms with Crippen molar-refractivity contribution in [3.63, 3.8) is 0 Å². The molecule has 3 aromatic rings. The Morgan fingerprint density at radius 1 is 0.338 bits per heavy atom. The molecule has 360 valence electrons. The molecule has 0 fully saturated rings. The summed E-state index contributed by atoms with van der Waals surface area (Å²) < 4.78 is 34.0. The van der Waals surface area contributed by atoms with Gasteiger partial charge in [0, 0.05) is 17.0 Å². The van der Waals surface area contributed by atoms with E-state index in [1.54, 1.807) is 36.4 Å². The van der Waals surface area contributed by atoms with E-state index in [2.05, 4.69) is 0 Å². The second kappa shape index (κ2) is 22.1. The van der Waals surface area contributed by atoms with Gasteiger partial charge in [0.2, 0.25) is 0 Å². The van der Waals surface area contributed by atoms with E-state index >= 15 is 0 Å². The standard InChI is InChI=1S/3C16H27O4P.2Al/c3*1-10(21(18,19)20)11-8-12(15(2,3)4)14(17)13(9-11)16(5,6)7;;/h3*8-10,17H,1-7H3,(H2,18,19,20);;/q;;;2*+3/p-6. The van der Waals surface area contributed by atoms with E-state index in [0.717, 1.165) is 0 Å². The monoisotopic (exact) mass is 990 g/mol. The molecule has 0 amide bonds. The van der Waals surface area contributed by atoms with Crippen molar-refractivity contribution in [2.75, 3.05) is 0 Å². The number of phenols is 3. The van der Waals surface area contributed by atoms with Crippen LogP contribution in [0.15, 0.2) is 36.4 Å². The molecule has 3 unspecified atom stereocenters. The fourth-order valence-corrected chi connectivity index (χ4v) is 8.21. The summed E-state index contributed by atoms with van der Waals surface area (Å²) in [6.45, 7) is 39.1. The molecule has 12 nitrogen and oxygen atoms in total. The normalized spacial score (nSPS) is 14.6. The maximum absolute atomic E-state index is 11.3. The summed E-state index contributed by atoms with van der Waals surface area (Å²) in [5, 5.41) is 31.6. The molecule has 17 heteroatoms. The van der Waals surface area contributed by atoms with E-state index in [1.807, 2.05) is 125 Å². The van der Waals surface area contributed by atoms with Gasteiger partial charge in [-0.05, 0) is 82.6 Å². The van der Waals surface area contributed by atoms with Crippen molar-refractivity contribution in [1.29, 1.82) is 0 Å². The first-order chi connectivity index (χ1) is 27.5. The third-order valence-corrected chi connectivity index (χ3v) is 14.9. The summed E-state index contributed by atoms with van der Waals surface area (Å²) in [5.74, 6) is 0.535. The zero-order valence-corrected chi connectivity index (χ0v) is 47.7. The zero-order valence-electron chi connectivity index (χ0n) is 42.7. The summed E-state index contributed by atoms with van der Waals surface area (Å²) in [5.41, 5.74) is -0.174. The van der Waals surface area contributed by atoms with Crippen LogP contribution < -0.4 is 29.4 Å². The fourth-order valence-electron chi connectivity index (χ4n) is 6.67. The van der Waals surface area contributed by atoms with Crippen molar-refractivity contribution >= 4 is 57.5 Å². The van der Waals surface area contributed by atoms with Gasteiger partial charge in [-0.15, -0.1) is 0 Å². The molecular weight excluding hydrogens is 915 g/mol. The van der Waals surface area contributed by atoms with Crippen LogP contribution in [0.25, 0.3) is 0 Å². The smallest absolute Gasteiger partial charge is 0.810 e. The average Bonchev–Trinajstić information content (AvgIpc) is 3.03. The van der Waals surface area contributed by atoms with Gasteiger partial charge in [0.1, 0.15) is 17.2 Å². The van der Waals surface area contributed by atoms with Crippen LogP contribution in [-0.4, -0.2) is 50.0 Å². The molecule has 3 N–H and O–H groups in total. The summed E-state index contributed by atoms with van der Waals surface area (Å²) in [6.07, 6.45) is 0. The summed E-state index contributed by atoms with van der Waals surface area (Å²) in [7, 11) is -14.2. The van der Waals surface area contributed by atoms with E-state index in [4.69, 9.17) is 0 Å². The zero-order chi connectivity index (χ0) is 50.4. The van der Waals surface area contributed by atoms with Crippen molar-refractivity contribution in [1.82, 2.24) is 0 Å². The Balaban J connectivity index is 0. The van der Waals surface area contributed by atoms with Crippen LogP contribution in [0.3, 0.4) is 0 Å². The number of aromatic hydroxyl groups is 3. The Morgan fingerprint density at radius 3 is 0.523 bits per heavy atom. The average molecular weight is 991 g/mol. The van der Waals surface area contributed by atoms with Crippen LogP contribution in [0.5, 0.6) is 17.2 Å². The van der Waals surface area contributed by atoms with Crippen molar-refractivity contribution < 1.29 is 58.4 Å². The third kappa shape index (κ3) is 18.1. The fraction of sp³-hybridized carbons (Fsp3) is 0.625. The molecule has 0 aliphatic rings. The van der Waals surface area contributed by atoms with E-state index in [9.17, 15) is 58.4 Å². The van der Waals surface area contributed by atoms with Gasteiger partial charge in [-0.1, -0.05) is 205 Å². The van der Waals surface area contributed by atoms with E-state index < -0.39 is 39.8 Å². The first-order valence-electron chi connectivity index (χ1n) is 21.2. The molecule has 0 spiro atoms. The van der Waals surface area contributed by atoms with Gasteiger partial charge in [0.05, 0.1) is 0 Å². The SMILES string of the molecule is CC(c1cc(C(C)(C)C)c(O)c(C(C)(C)C)c1)P(=O)([O-])[O-].CC(c1cc(C(C)(C)C)c(O)c(C(C)(C)C)c1)P(=O)([O-])[O-].CC(c1cc(C(C)(C)C)c(O)c(C(C)(C)C)c1)P(=O)([O-])[O-].[Al+3].[Al+3]. The van der Waals surface area contributed by atoms with Crippen LogP contribution in [0.1, 0.15) is 212 Å². The first-order valence-corrected chi connectivity index (χ1v) is 26.0. The summed E-state index contributed by atoms with van der Waals surface area (Å²) in [4.78, 5) is 68.1. The Hall–Kier alpha value is -1.43. The Bertz CT molecular complexity index is 1880. The predicted octanol–water partition coefficient (Wildman–Crippen LogP) is 8.12. The van der Waals surface area contributed by atoms with Crippen LogP contribution in [0, 0.1) is 0 Å². The maximum Gasteiger partial charge on any atom is 3.00 e. The number of rotatable bonds is 6. The third-order valence-electron chi connectivity index (χ3n) is 11.1. The molecule has 0 heterocycles. The quantitative estimate of drug-likeness (QED) is 0.156. The van der Waals surface area contributed by atoms with Crippen LogP contribution >= 0.6 is 22.8 Å². The molecule has 3 atom stereocenters. The Labute approximate surface area is 412 Å². The van der Waals surface area contributed by atoms with Crippen LogP contribution in [0.2, 0.25) is 0 Å². The molecule has 0 aliphatic carbocycles. The molecule has 0 saturated heterocycles. The van der Waals surface area contributed by atoms with Crippen molar-refractivity contribution in [3.8, 4) is 17.2 Å². The molecular formula is C48H75Al2O12P3. The van der Waals surface area contributed by atoms with E-state index in [1.165, 1.54) is 20.8 Å². The van der Waals surface area contributed by atoms with Gasteiger partial charge < -0.3 is 58.4 Å². The summed E-state index contributed by atoms with van der Waals surface area (Å²) in [6, 6.07) is 9.82. The van der Waals surface area contributed by atoms with Gasteiger partial charge in [-0.25, -0.2) is 0 Å². The number of hydrogen-bond donors (Lipinski definition) is 3. The van der Waals surface area contributed by atoms with Gasteiger partial charge in [-0.3, -0.25) is 0 Å². The van der Waals surface area contributed by atoms with Crippen molar-refractivity contribution in [2.24, 2.45) is 0 Å². The van der Waals surface area contributed by atoms with Crippen LogP contribution in [-0.2, 0) is 46.2 Å². The summed E-state index contributed by atoms with van der Waals surface area (Å²) >= 11 is 0. The van der Waals surface area contributed by atoms with E-state index in [-0.39, 0.29) is 84.5 Å². The maximum atomic E-state index is 11.3. The van der Waals surface area contributed by atoms with Crippen LogP contribution in [0.4, 0.5) is 0 Å². The van der Waals surface area contributed by atoms with Crippen molar-refractivity contribution in [2.45, 2.75) is 195 Å². The molecule has 3 rings (SSSR count). The first kappa shape index (κ1) is 65.7. The van der Waals surface area contributed by atoms with Gasteiger partial charge in [-0.2, -0.15) is 0 Å². The Kier molecular flexibility index (Phi) is 22.3. The Morgan fingerprint density at radius 2 is 0.446 bits per heavy atom. The minimum absolute atomic E-state index is 0. The number of benzene rings is 3. The van der Waals surface area contributed by atoms with Crippen molar-refractivity contribution in [3.05, 3.63) is 86.5 Å². The second-order valence-corrected chi connectivity index (χ2v) is 28.6. The van der Waals surface area contributed by atoms with Gasteiger partial charge >= 0.3 is 34.7 Å².